The number of carbonyl (C=O) groups excluding carboxylic acids is 1. The predicted octanol–water partition coefficient (Wildman–Crippen LogP) is 2.15. The van der Waals surface area contributed by atoms with Crippen molar-refractivity contribution in [3.05, 3.63) is 29.3 Å². The highest BCUT2D eigenvalue weighted by atomic mass is 16.5. The van der Waals surface area contributed by atoms with Gasteiger partial charge in [0.05, 0.1) is 18.9 Å². The van der Waals surface area contributed by atoms with Gasteiger partial charge in [0.1, 0.15) is 5.75 Å². The van der Waals surface area contributed by atoms with Gasteiger partial charge in [-0.2, -0.15) is 0 Å². The van der Waals surface area contributed by atoms with Crippen LogP contribution in [0.2, 0.25) is 0 Å². The molecule has 0 amide bonds. The number of hydrogen-bond donors (Lipinski definition) is 2. The van der Waals surface area contributed by atoms with Crippen LogP contribution in [0, 0.1) is 5.92 Å². The molecule has 110 valence electrons. The third kappa shape index (κ3) is 4.57. The van der Waals surface area contributed by atoms with Crippen molar-refractivity contribution < 1.29 is 24.5 Å². The lowest BCUT2D eigenvalue weighted by Gasteiger charge is -2.14. The van der Waals surface area contributed by atoms with Gasteiger partial charge >= 0.3 is 11.9 Å². The Hall–Kier alpha value is -2.04. The maximum absolute atomic E-state index is 11.7. The molecule has 1 rings (SSSR count). The first kappa shape index (κ1) is 16.0. The van der Waals surface area contributed by atoms with Gasteiger partial charge in [-0.3, -0.25) is 9.59 Å². The van der Waals surface area contributed by atoms with Gasteiger partial charge in [-0.25, -0.2) is 0 Å². The van der Waals surface area contributed by atoms with Crippen LogP contribution in [0.15, 0.2) is 18.2 Å². The van der Waals surface area contributed by atoms with Crippen molar-refractivity contribution >= 4 is 11.9 Å². The van der Waals surface area contributed by atoms with Gasteiger partial charge < -0.3 is 14.9 Å². The third-order valence-corrected chi connectivity index (χ3v) is 3.08. The predicted molar refractivity (Wildman–Crippen MR) is 73.6 cm³/mol. The molecular formula is C15H20O5. The summed E-state index contributed by atoms with van der Waals surface area (Å²) in [6.07, 6.45) is 0.881. The van der Waals surface area contributed by atoms with E-state index in [0.717, 1.165) is 5.56 Å². The van der Waals surface area contributed by atoms with Gasteiger partial charge in [0, 0.05) is 5.56 Å². The Bertz CT molecular complexity index is 481. The van der Waals surface area contributed by atoms with Crippen LogP contribution in [-0.2, 0) is 27.2 Å². The normalized spacial score (nSPS) is 11.9. The molecule has 0 aliphatic heterocycles. The quantitative estimate of drug-likeness (QED) is 0.748. The molecule has 0 spiro atoms. The molecule has 0 radical (unpaired) electrons. The molecule has 1 unspecified atom stereocenters. The smallest absolute Gasteiger partial charge is 0.309 e. The first-order valence-electron chi connectivity index (χ1n) is 6.67. The summed E-state index contributed by atoms with van der Waals surface area (Å²) in [5.41, 5.74) is 1.17. The first-order chi connectivity index (χ1) is 9.47. The second-order valence-corrected chi connectivity index (χ2v) is 4.59. The molecule has 0 heterocycles. The molecule has 0 aromatic heterocycles. The van der Waals surface area contributed by atoms with Crippen molar-refractivity contribution in [2.75, 3.05) is 6.61 Å². The number of aliphatic carboxylic acids is 1. The standard InChI is InChI=1S/C15H20O5/c1-3-11(15(19)20-4-2)7-10-5-6-13(16)12(8-10)9-14(17)18/h5-6,8,11,16H,3-4,7,9H2,1-2H3,(H,17,18). The second-order valence-electron chi connectivity index (χ2n) is 4.59. The highest BCUT2D eigenvalue weighted by Crippen LogP contribution is 2.22. The number of hydrogen-bond acceptors (Lipinski definition) is 4. The Morgan fingerprint density at radius 2 is 2.00 bits per heavy atom. The summed E-state index contributed by atoms with van der Waals surface area (Å²) in [5.74, 6) is -1.55. The molecule has 0 aliphatic rings. The summed E-state index contributed by atoms with van der Waals surface area (Å²) in [7, 11) is 0. The van der Waals surface area contributed by atoms with Gasteiger partial charge in [0.2, 0.25) is 0 Å². The molecule has 2 N–H and O–H groups in total. The number of carbonyl (C=O) groups is 2. The van der Waals surface area contributed by atoms with Crippen LogP contribution in [0.5, 0.6) is 5.75 Å². The van der Waals surface area contributed by atoms with Crippen molar-refractivity contribution in [3.63, 3.8) is 0 Å². The average Bonchev–Trinajstić information content (AvgIpc) is 2.39. The molecule has 5 heteroatoms. The first-order valence-corrected chi connectivity index (χ1v) is 6.67. The Morgan fingerprint density at radius 3 is 2.55 bits per heavy atom. The van der Waals surface area contributed by atoms with E-state index >= 15 is 0 Å². The highest BCUT2D eigenvalue weighted by molar-refractivity contribution is 5.73. The Morgan fingerprint density at radius 1 is 1.30 bits per heavy atom. The maximum atomic E-state index is 11.7. The molecule has 20 heavy (non-hydrogen) atoms. The topological polar surface area (TPSA) is 83.8 Å². The Balaban J connectivity index is 2.85. The zero-order valence-corrected chi connectivity index (χ0v) is 11.8. The van der Waals surface area contributed by atoms with E-state index in [9.17, 15) is 14.7 Å². The molecule has 1 atom stereocenters. The lowest BCUT2D eigenvalue weighted by molar-refractivity contribution is -0.148. The van der Waals surface area contributed by atoms with E-state index < -0.39 is 5.97 Å². The summed E-state index contributed by atoms with van der Waals surface area (Å²) in [6.45, 7) is 4.01. The monoisotopic (exact) mass is 280 g/mol. The third-order valence-electron chi connectivity index (χ3n) is 3.08. The fraction of sp³-hybridized carbons (Fsp3) is 0.467. The maximum Gasteiger partial charge on any atom is 0.309 e. The van der Waals surface area contributed by atoms with Gasteiger partial charge in [-0.1, -0.05) is 19.1 Å². The van der Waals surface area contributed by atoms with Gasteiger partial charge in [0.25, 0.3) is 0 Å². The van der Waals surface area contributed by atoms with E-state index in [2.05, 4.69) is 0 Å². The number of carboxylic acids is 1. The molecule has 0 bridgehead atoms. The van der Waals surface area contributed by atoms with Crippen LogP contribution in [0.25, 0.3) is 0 Å². The Labute approximate surface area is 118 Å². The van der Waals surface area contributed by atoms with Crippen LogP contribution in [0.4, 0.5) is 0 Å². The summed E-state index contributed by atoms with van der Waals surface area (Å²) < 4.78 is 5.00. The molecule has 0 fully saturated rings. The van der Waals surface area contributed by atoms with E-state index in [4.69, 9.17) is 9.84 Å². The minimum Gasteiger partial charge on any atom is -0.508 e. The van der Waals surface area contributed by atoms with Crippen molar-refractivity contribution in [3.8, 4) is 5.75 Å². The molecule has 1 aromatic carbocycles. The average molecular weight is 280 g/mol. The summed E-state index contributed by atoms with van der Waals surface area (Å²) in [6, 6.07) is 4.79. The number of carboxylic acid groups (broad SMARTS) is 1. The molecule has 0 saturated heterocycles. The summed E-state index contributed by atoms with van der Waals surface area (Å²) >= 11 is 0. The number of ether oxygens (including phenoxy) is 1. The molecule has 0 saturated carbocycles. The lowest BCUT2D eigenvalue weighted by Crippen LogP contribution is -2.19. The van der Waals surface area contributed by atoms with E-state index in [-0.39, 0.29) is 24.1 Å². The van der Waals surface area contributed by atoms with E-state index in [1.165, 1.54) is 6.07 Å². The highest BCUT2D eigenvalue weighted by Gasteiger charge is 2.19. The fourth-order valence-electron chi connectivity index (χ4n) is 2.01. The fourth-order valence-corrected chi connectivity index (χ4v) is 2.01. The van der Waals surface area contributed by atoms with E-state index in [1.54, 1.807) is 19.1 Å². The molecular weight excluding hydrogens is 260 g/mol. The molecule has 1 aromatic rings. The van der Waals surface area contributed by atoms with Crippen molar-refractivity contribution in [2.24, 2.45) is 5.92 Å². The Kier molecular flexibility index (Phi) is 6.03. The number of aromatic hydroxyl groups is 1. The second kappa shape index (κ2) is 7.53. The van der Waals surface area contributed by atoms with Crippen molar-refractivity contribution in [1.82, 2.24) is 0 Å². The van der Waals surface area contributed by atoms with Crippen molar-refractivity contribution in [1.29, 1.82) is 0 Å². The number of phenols is 1. The zero-order valence-electron chi connectivity index (χ0n) is 11.8. The van der Waals surface area contributed by atoms with Gasteiger partial charge in [-0.05, 0) is 31.4 Å². The van der Waals surface area contributed by atoms with Gasteiger partial charge in [-0.15, -0.1) is 0 Å². The summed E-state index contributed by atoms with van der Waals surface area (Å²) in [4.78, 5) is 22.5. The minimum absolute atomic E-state index is 0.0414. The SMILES string of the molecule is CCOC(=O)C(CC)Cc1ccc(O)c(CC(=O)O)c1. The lowest BCUT2D eigenvalue weighted by atomic mass is 9.95. The van der Waals surface area contributed by atoms with E-state index in [0.29, 0.717) is 25.0 Å². The number of esters is 1. The zero-order chi connectivity index (χ0) is 15.1. The van der Waals surface area contributed by atoms with E-state index in [1.807, 2.05) is 6.92 Å². The van der Waals surface area contributed by atoms with Crippen LogP contribution in [0.3, 0.4) is 0 Å². The minimum atomic E-state index is -1.00. The van der Waals surface area contributed by atoms with Crippen LogP contribution < -0.4 is 0 Å². The number of rotatable bonds is 7. The largest absolute Gasteiger partial charge is 0.508 e. The number of benzene rings is 1. The van der Waals surface area contributed by atoms with Gasteiger partial charge in [0.15, 0.2) is 0 Å². The van der Waals surface area contributed by atoms with Crippen LogP contribution in [0.1, 0.15) is 31.4 Å². The molecule has 0 aliphatic carbocycles. The molecule has 5 nitrogen and oxygen atoms in total. The number of phenolic OH excluding ortho intramolecular Hbond substituents is 1. The van der Waals surface area contributed by atoms with Crippen LogP contribution >= 0.6 is 0 Å². The van der Waals surface area contributed by atoms with Crippen molar-refractivity contribution in [2.45, 2.75) is 33.1 Å². The van der Waals surface area contributed by atoms with Crippen LogP contribution in [-0.4, -0.2) is 28.8 Å². The summed E-state index contributed by atoms with van der Waals surface area (Å²) in [5, 5.41) is 18.4.